The maximum Gasteiger partial charge on any atom is 0.261 e. The van der Waals surface area contributed by atoms with Crippen LogP contribution in [0.4, 0.5) is 11.4 Å². The van der Waals surface area contributed by atoms with Gasteiger partial charge in [0, 0.05) is 30.2 Å². The summed E-state index contributed by atoms with van der Waals surface area (Å²) in [6.45, 7) is 1.36. The van der Waals surface area contributed by atoms with E-state index in [1.54, 1.807) is 24.3 Å². The van der Waals surface area contributed by atoms with E-state index in [2.05, 4.69) is 10.0 Å². The number of amides is 1. The van der Waals surface area contributed by atoms with Crippen LogP contribution in [0.2, 0.25) is 5.02 Å². The molecule has 13 heteroatoms. The molecule has 2 N–H and O–H groups in total. The number of morpholine rings is 1. The molecule has 4 rings (SSSR count). The first-order chi connectivity index (χ1) is 18.6. The van der Waals surface area contributed by atoms with Crippen LogP contribution in [-0.2, 0) is 36.0 Å². The lowest BCUT2D eigenvalue weighted by Gasteiger charge is -2.26. The van der Waals surface area contributed by atoms with E-state index in [4.69, 9.17) is 21.1 Å². The van der Waals surface area contributed by atoms with Crippen molar-refractivity contribution in [3.05, 3.63) is 77.3 Å². The van der Waals surface area contributed by atoms with Gasteiger partial charge in [-0.15, -0.1) is 0 Å². The van der Waals surface area contributed by atoms with Gasteiger partial charge in [0.15, 0.2) is 0 Å². The summed E-state index contributed by atoms with van der Waals surface area (Å²) in [5.41, 5.74) is 1.32. The number of anilines is 2. The Morgan fingerprint density at radius 1 is 0.949 bits per heavy atom. The monoisotopic (exact) mass is 593 g/mol. The molecule has 10 nitrogen and oxygen atoms in total. The first kappa shape index (κ1) is 28.8. The summed E-state index contributed by atoms with van der Waals surface area (Å²) in [6, 6.07) is 16.8. The van der Waals surface area contributed by atoms with Crippen LogP contribution in [0.15, 0.2) is 76.5 Å². The SMILES string of the molecule is COc1ccc(S(=O)(=O)Nc2ccc(Cl)cc2)cc1NC(=O)CCc1ccc(S(=O)(=O)N2CCOCC2)cc1. The lowest BCUT2D eigenvalue weighted by Crippen LogP contribution is -2.40. The van der Waals surface area contributed by atoms with Gasteiger partial charge in [-0.3, -0.25) is 9.52 Å². The van der Waals surface area contributed by atoms with E-state index in [1.165, 1.54) is 53.9 Å². The van der Waals surface area contributed by atoms with E-state index < -0.39 is 20.0 Å². The van der Waals surface area contributed by atoms with Gasteiger partial charge in [0.05, 0.1) is 35.8 Å². The van der Waals surface area contributed by atoms with Gasteiger partial charge in [-0.2, -0.15) is 4.31 Å². The lowest BCUT2D eigenvalue weighted by molar-refractivity contribution is -0.116. The van der Waals surface area contributed by atoms with Gasteiger partial charge in [-0.25, -0.2) is 16.8 Å². The van der Waals surface area contributed by atoms with Crippen LogP contribution in [0.5, 0.6) is 5.75 Å². The average molecular weight is 594 g/mol. The first-order valence-electron chi connectivity index (χ1n) is 12.0. The Labute approximate surface area is 233 Å². The molecular formula is C26H28ClN3O7S2. The fraction of sp³-hybridized carbons (Fsp3) is 0.269. The van der Waals surface area contributed by atoms with Crippen LogP contribution >= 0.6 is 11.6 Å². The Kier molecular flexibility index (Phi) is 9.13. The quantitative estimate of drug-likeness (QED) is 0.366. The Balaban J connectivity index is 1.40. The summed E-state index contributed by atoms with van der Waals surface area (Å²) in [7, 11) is -6.13. The summed E-state index contributed by atoms with van der Waals surface area (Å²) >= 11 is 5.86. The molecule has 1 saturated heterocycles. The zero-order valence-corrected chi connectivity index (χ0v) is 23.5. The largest absolute Gasteiger partial charge is 0.495 e. The van der Waals surface area contributed by atoms with Gasteiger partial charge in [-0.05, 0) is 66.6 Å². The van der Waals surface area contributed by atoms with Crippen LogP contribution in [-0.4, -0.2) is 60.5 Å². The summed E-state index contributed by atoms with van der Waals surface area (Å²) in [6.07, 6.45) is 0.431. The Morgan fingerprint density at radius 2 is 1.59 bits per heavy atom. The molecule has 0 atom stereocenters. The summed E-state index contributed by atoms with van der Waals surface area (Å²) in [4.78, 5) is 12.8. The van der Waals surface area contributed by atoms with Gasteiger partial charge in [0.1, 0.15) is 5.75 Å². The normalized spacial score (nSPS) is 14.5. The minimum absolute atomic E-state index is 0.0642. The average Bonchev–Trinajstić information content (AvgIpc) is 2.93. The van der Waals surface area contributed by atoms with E-state index in [0.717, 1.165) is 5.56 Å². The molecule has 1 aliphatic rings. The topological polar surface area (TPSA) is 131 Å². The number of carbonyl (C=O) groups excluding carboxylic acids is 1. The molecule has 0 radical (unpaired) electrons. The van der Waals surface area contributed by atoms with Crippen LogP contribution in [0.3, 0.4) is 0 Å². The number of carbonyl (C=O) groups is 1. The Hall–Kier alpha value is -3.16. The molecule has 39 heavy (non-hydrogen) atoms. The zero-order valence-electron chi connectivity index (χ0n) is 21.1. The van der Waals surface area contributed by atoms with Gasteiger partial charge in [0.25, 0.3) is 10.0 Å². The van der Waals surface area contributed by atoms with Crippen molar-refractivity contribution in [1.82, 2.24) is 4.31 Å². The van der Waals surface area contributed by atoms with Crippen LogP contribution < -0.4 is 14.8 Å². The third-order valence-corrected chi connectivity index (χ3v) is 9.57. The van der Waals surface area contributed by atoms with Gasteiger partial charge in [-0.1, -0.05) is 23.7 Å². The number of nitrogens with zero attached hydrogens (tertiary/aromatic N) is 1. The third kappa shape index (κ3) is 7.28. The van der Waals surface area contributed by atoms with E-state index in [-0.39, 0.29) is 27.8 Å². The van der Waals surface area contributed by atoms with Crippen molar-refractivity contribution in [2.75, 3.05) is 43.5 Å². The van der Waals surface area contributed by atoms with Gasteiger partial charge >= 0.3 is 0 Å². The number of benzene rings is 3. The van der Waals surface area contributed by atoms with E-state index >= 15 is 0 Å². The fourth-order valence-electron chi connectivity index (χ4n) is 3.92. The maximum atomic E-state index is 12.9. The third-order valence-electron chi connectivity index (χ3n) is 6.02. The molecule has 1 heterocycles. The molecule has 3 aromatic carbocycles. The van der Waals surface area contributed by atoms with Crippen LogP contribution in [0, 0.1) is 0 Å². The van der Waals surface area contributed by atoms with Crippen molar-refractivity contribution in [3.63, 3.8) is 0 Å². The summed E-state index contributed by atoms with van der Waals surface area (Å²) in [5, 5.41) is 3.18. The van der Waals surface area contributed by atoms with Crippen molar-refractivity contribution in [2.24, 2.45) is 0 Å². The fourth-order valence-corrected chi connectivity index (χ4v) is 6.54. The highest BCUT2D eigenvalue weighted by Gasteiger charge is 2.26. The number of nitrogens with one attached hydrogen (secondary N) is 2. The standard InChI is InChI=1S/C26H28ClN3O7S2/c1-36-25-12-11-23(38(32,33)29-21-7-5-20(27)6-8-21)18-24(25)28-26(31)13-4-19-2-9-22(10-3-19)39(34,35)30-14-16-37-17-15-30/h2-3,5-12,18,29H,4,13-17H2,1H3,(H,28,31). The number of methoxy groups -OCH3 is 1. The second-order valence-corrected chi connectivity index (χ2v) is 12.7. The van der Waals surface area contributed by atoms with Crippen LogP contribution in [0.25, 0.3) is 0 Å². The van der Waals surface area contributed by atoms with E-state index in [0.29, 0.717) is 49.2 Å². The molecule has 3 aromatic rings. The molecule has 0 aliphatic carbocycles. The summed E-state index contributed by atoms with van der Waals surface area (Å²) < 4.78 is 65.7. The van der Waals surface area contributed by atoms with E-state index in [9.17, 15) is 21.6 Å². The highest BCUT2D eigenvalue weighted by Crippen LogP contribution is 2.29. The van der Waals surface area contributed by atoms with Gasteiger partial charge < -0.3 is 14.8 Å². The van der Waals surface area contributed by atoms with Crippen molar-refractivity contribution in [1.29, 1.82) is 0 Å². The van der Waals surface area contributed by atoms with Crippen molar-refractivity contribution in [2.45, 2.75) is 22.6 Å². The van der Waals surface area contributed by atoms with Gasteiger partial charge in [0.2, 0.25) is 15.9 Å². The van der Waals surface area contributed by atoms with Crippen molar-refractivity contribution >= 4 is 48.9 Å². The molecule has 0 spiro atoms. The molecular weight excluding hydrogens is 566 g/mol. The molecule has 208 valence electrons. The highest BCUT2D eigenvalue weighted by molar-refractivity contribution is 7.92. The molecule has 1 aliphatic heterocycles. The number of hydrogen-bond donors (Lipinski definition) is 2. The molecule has 0 bridgehead atoms. The minimum atomic E-state index is -3.95. The second-order valence-electron chi connectivity index (χ2n) is 8.68. The van der Waals surface area contributed by atoms with Crippen molar-refractivity contribution in [3.8, 4) is 5.75 Å². The second kappa shape index (κ2) is 12.3. The number of rotatable bonds is 10. The predicted octanol–water partition coefficient (Wildman–Crippen LogP) is 3.74. The number of hydrogen-bond acceptors (Lipinski definition) is 7. The number of halogens is 1. The Morgan fingerprint density at radius 3 is 2.23 bits per heavy atom. The number of sulfonamides is 2. The predicted molar refractivity (Wildman–Crippen MR) is 148 cm³/mol. The highest BCUT2D eigenvalue weighted by atomic mass is 35.5. The van der Waals surface area contributed by atoms with Crippen molar-refractivity contribution < 1.29 is 31.1 Å². The summed E-state index contributed by atoms with van der Waals surface area (Å²) in [5.74, 6) is -0.0648. The number of aryl methyl sites for hydroxylation is 1. The lowest BCUT2D eigenvalue weighted by atomic mass is 10.1. The Bertz CT molecular complexity index is 1520. The zero-order chi connectivity index (χ0) is 28.0. The minimum Gasteiger partial charge on any atom is -0.495 e. The van der Waals surface area contributed by atoms with Crippen LogP contribution in [0.1, 0.15) is 12.0 Å². The smallest absolute Gasteiger partial charge is 0.261 e. The molecule has 0 aromatic heterocycles. The molecule has 0 unspecified atom stereocenters. The maximum absolute atomic E-state index is 12.9. The first-order valence-corrected chi connectivity index (χ1v) is 15.3. The number of ether oxygens (including phenoxy) is 2. The van der Waals surface area contributed by atoms with E-state index in [1.807, 2.05) is 0 Å². The molecule has 1 fully saturated rings. The molecule has 1 amide bonds. The molecule has 0 saturated carbocycles.